The van der Waals surface area contributed by atoms with Crippen LogP contribution in [-0.4, -0.2) is 33.6 Å². The molecule has 9 heteroatoms. The molecule has 0 aliphatic carbocycles. The van der Waals surface area contributed by atoms with E-state index in [0.717, 1.165) is 22.0 Å². The molecule has 1 aliphatic rings. The molecule has 3 aromatic rings. The number of hydrogen-bond acceptors (Lipinski definition) is 5. The minimum absolute atomic E-state index is 0.0294. The topological polar surface area (TPSA) is 84.9 Å². The lowest BCUT2D eigenvalue weighted by Crippen LogP contribution is -2.45. The smallest absolute Gasteiger partial charge is 0.264 e. The van der Waals surface area contributed by atoms with Crippen LogP contribution in [0.15, 0.2) is 77.7 Å². The van der Waals surface area contributed by atoms with Crippen LogP contribution in [0.1, 0.15) is 31.9 Å². The Morgan fingerprint density at radius 1 is 1.11 bits per heavy atom. The summed E-state index contributed by atoms with van der Waals surface area (Å²) in [7, 11) is -2.52. The van der Waals surface area contributed by atoms with Gasteiger partial charge in [0.2, 0.25) is 5.91 Å². The van der Waals surface area contributed by atoms with Crippen LogP contribution in [0.2, 0.25) is 0 Å². The fourth-order valence-corrected chi connectivity index (χ4v) is 5.54. The first-order valence-electron chi connectivity index (χ1n) is 11.1. The number of ether oxygens (including phenoxy) is 2. The van der Waals surface area contributed by atoms with E-state index in [0.29, 0.717) is 17.9 Å². The standard InChI is InChI=1S/C26H27FN2O5S/c1-26(2)16-23(22-14-13-20(33-3)15-24(22)34-26)28-25(30)17-29(19-11-9-18(27)10-12-19)35(31,32)21-7-5-4-6-8-21/h4-15,23H,16-17H2,1-3H3,(H,28,30). The van der Waals surface area contributed by atoms with Crippen molar-refractivity contribution in [2.45, 2.75) is 36.8 Å². The van der Waals surface area contributed by atoms with Crippen LogP contribution in [-0.2, 0) is 14.8 Å². The molecule has 1 atom stereocenters. The Labute approximate surface area is 204 Å². The average Bonchev–Trinajstić information content (AvgIpc) is 2.82. The lowest BCUT2D eigenvalue weighted by atomic mass is 9.89. The molecular weight excluding hydrogens is 471 g/mol. The van der Waals surface area contributed by atoms with Gasteiger partial charge in [-0.25, -0.2) is 12.8 Å². The van der Waals surface area contributed by atoms with E-state index in [9.17, 15) is 17.6 Å². The van der Waals surface area contributed by atoms with Crippen molar-refractivity contribution in [1.82, 2.24) is 5.32 Å². The predicted octanol–water partition coefficient (Wildman–Crippen LogP) is 4.45. The Morgan fingerprint density at radius 2 is 1.80 bits per heavy atom. The molecule has 7 nitrogen and oxygen atoms in total. The SMILES string of the molecule is COc1ccc2c(c1)OC(C)(C)CC2NC(=O)CN(c1ccc(F)cc1)S(=O)(=O)c1ccccc1. The summed E-state index contributed by atoms with van der Waals surface area (Å²) < 4.78 is 52.8. The molecular formula is C26H27FN2O5S. The summed E-state index contributed by atoms with van der Waals surface area (Å²) in [6.07, 6.45) is 0.486. The minimum Gasteiger partial charge on any atom is -0.497 e. The van der Waals surface area contributed by atoms with Crippen molar-refractivity contribution in [3.63, 3.8) is 0 Å². The summed E-state index contributed by atoms with van der Waals surface area (Å²) >= 11 is 0. The van der Waals surface area contributed by atoms with Crippen LogP contribution in [0.3, 0.4) is 0 Å². The predicted molar refractivity (Wildman–Crippen MR) is 131 cm³/mol. The minimum atomic E-state index is -4.09. The number of nitrogens with one attached hydrogen (secondary N) is 1. The molecule has 0 saturated heterocycles. The van der Waals surface area contributed by atoms with Crippen molar-refractivity contribution < 1.29 is 27.1 Å². The van der Waals surface area contributed by atoms with Crippen LogP contribution in [0.5, 0.6) is 11.5 Å². The second-order valence-electron chi connectivity index (χ2n) is 8.89. The zero-order valence-corrected chi connectivity index (χ0v) is 20.5. The van der Waals surface area contributed by atoms with E-state index in [1.807, 2.05) is 19.9 Å². The molecule has 0 spiro atoms. The number of amides is 1. The summed E-state index contributed by atoms with van der Waals surface area (Å²) in [5.74, 6) is 0.214. The van der Waals surface area contributed by atoms with Crippen LogP contribution in [0.4, 0.5) is 10.1 Å². The fraction of sp³-hybridized carbons (Fsp3) is 0.269. The van der Waals surface area contributed by atoms with Crippen LogP contribution in [0, 0.1) is 5.82 Å². The van der Waals surface area contributed by atoms with Gasteiger partial charge >= 0.3 is 0 Å². The summed E-state index contributed by atoms with van der Waals surface area (Å²) in [6.45, 7) is 3.35. The number of anilines is 1. The van der Waals surface area contributed by atoms with E-state index in [1.54, 1.807) is 37.4 Å². The molecule has 0 radical (unpaired) electrons. The molecule has 0 aromatic heterocycles. The molecule has 1 amide bonds. The zero-order valence-electron chi connectivity index (χ0n) is 19.7. The quantitative estimate of drug-likeness (QED) is 0.520. The van der Waals surface area contributed by atoms with E-state index in [2.05, 4.69) is 5.32 Å². The van der Waals surface area contributed by atoms with Crippen molar-refractivity contribution in [1.29, 1.82) is 0 Å². The number of nitrogens with zero attached hydrogens (tertiary/aromatic N) is 1. The van der Waals surface area contributed by atoms with Crippen LogP contribution in [0.25, 0.3) is 0 Å². The Kier molecular flexibility index (Phi) is 6.71. The van der Waals surface area contributed by atoms with Crippen molar-refractivity contribution >= 4 is 21.6 Å². The van der Waals surface area contributed by atoms with Gasteiger partial charge in [-0.2, -0.15) is 0 Å². The maximum absolute atomic E-state index is 13.5. The third kappa shape index (κ3) is 5.40. The number of benzene rings is 3. The monoisotopic (exact) mass is 498 g/mol. The van der Waals surface area contributed by atoms with Crippen LogP contribution >= 0.6 is 0 Å². The number of halogens is 1. The highest BCUT2D eigenvalue weighted by Gasteiger charge is 2.36. The number of carbonyl (C=O) groups is 1. The summed E-state index contributed by atoms with van der Waals surface area (Å²) in [5, 5.41) is 2.96. The Bertz CT molecular complexity index is 1310. The summed E-state index contributed by atoms with van der Waals surface area (Å²) in [6, 6.07) is 17.8. The van der Waals surface area contributed by atoms with Gasteiger partial charge in [-0.05, 0) is 62.4 Å². The lowest BCUT2D eigenvalue weighted by Gasteiger charge is -2.38. The number of rotatable bonds is 7. The molecule has 0 fully saturated rings. The van der Waals surface area contributed by atoms with Gasteiger partial charge in [0.05, 0.1) is 23.7 Å². The summed E-state index contributed by atoms with van der Waals surface area (Å²) in [5.41, 5.74) is 0.393. The van der Waals surface area contributed by atoms with Gasteiger partial charge in [-0.3, -0.25) is 9.10 Å². The molecule has 0 bridgehead atoms. The van der Waals surface area contributed by atoms with Crippen molar-refractivity contribution in [3.05, 3.63) is 84.2 Å². The number of fused-ring (bicyclic) bond motifs is 1. The first-order valence-corrected chi connectivity index (χ1v) is 12.5. The Morgan fingerprint density at radius 3 is 2.46 bits per heavy atom. The molecule has 4 rings (SSSR count). The second-order valence-corrected chi connectivity index (χ2v) is 10.8. The first kappa shape index (κ1) is 24.5. The molecule has 1 unspecified atom stereocenters. The number of methoxy groups -OCH3 is 1. The second kappa shape index (κ2) is 9.58. The van der Waals surface area contributed by atoms with Crippen molar-refractivity contribution in [2.24, 2.45) is 0 Å². The number of carbonyl (C=O) groups excluding carboxylic acids is 1. The Hall–Kier alpha value is -3.59. The highest BCUT2D eigenvalue weighted by Crippen LogP contribution is 2.41. The maximum atomic E-state index is 13.5. The van der Waals surface area contributed by atoms with Gasteiger partial charge in [-0.15, -0.1) is 0 Å². The molecule has 1 N–H and O–H groups in total. The average molecular weight is 499 g/mol. The molecule has 35 heavy (non-hydrogen) atoms. The Balaban J connectivity index is 1.63. The third-order valence-electron chi connectivity index (χ3n) is 5.75. The van der Waals surface area contributed by atoms with E-state index in [-0.39, 0.29) is 10.6 Å². The first-order chi connectivity index (χ1) is 16.6. The van der Waals surface area contributed by atoms with Crippen LogP contribution < -0.4 is 19.1 Å². The highest BCUT2D eigenvalue weighted by atomic mass is 32.2. The van der Waals surface area contributed by atoms with Crippen molar-refractivity contribution in [2.75, 3.05) is 18.0 Å². The normalized spacial score (nSPS) is 16.5. The number of hydrogen-bond donors (Lipinski definition) is 1. The van der Waals surface area contributed by atoms with Gasteiger partial charge in [0.1, 0.15) is 29.5 Å². The highest BCUT2D eigenvalue weighted by molar-refractivity contribution is 7.92. The zero-order chi connectivity index (χ0) is 25.2. The maximum Gasteiger partial charge on any atom is 0.264 e. The van der Waals surface area contributed by atoms with Gasteiger partial charge in [0.15, 0.2) is 0 Å². The van der Waals surface area contributed by atoms with E-state index >= 15 is 0 Å². The van der Waals surface area contributed by atoms with E-state index in [1.165, 1.54) is 24.3 Å². The lowest BCUT2D eigenvalue weighted by molar-refractivity contribution is -0.120. The molecule has 1 aliphatic heterocycles. The molecule has 3 aromatic carbocycles. The van der Waals surface area contributed by atoms with E-state index in [4.69, 9.17) is 9.47 Å². The van der Waals surface area contributed by atoms with Gasteiger partial charge < -0.3 is 14.8 Å². The number of sulfonamides is 1. The van der Waals surface area contributed by atoms with Gasteiger partial charge in [-0.1, -0.05) is 18.2 Å². The van der Waals surface area contributed by atoms with Gasteiger partial charge in [0.25, 0.3) is 10.0 Å². The molecule has 184 valence electrons. The van der Waals surface area contributed by atoms with Crippen molar-refractivity contribution in [3.8, 4) is 11.5 Å². The van der Waals surface area contributed by atoms with Gasteiger partial charge in [0, 0.05) is 18.1 Å². The molecule has 0 saturated carbocycles. The molecule has 1 heterocycles. The fourth-order valence-electron chi connectivity index (χ4n) is 4.10. The largest absolute Gasteiger partial charge is 0.497 e. The summed E-state index contributed by atoms with van der Waals surface area (Å²) in [4.78, 5) is 13.3. The van der Waals surface area contributed by atoms with E-state index < -0.39 is 39.9 Å². The third-order valence-corrected chi connectivity index (χ3v) is 7.53.